The van der Waals surface area contributed by atoms with Gasteiger partial charge in [0.1, 0.15) is 5.76 Å². The highest BCUT2D eigenvalue weighted by Crippen LogP contribution is 2.20. The molecule has 0 atom stereocenters. The summed E-state index contributed by atoms with van der Waals surface area (Å²) in [6, 6.07) is 0. The van der Waals surface area contributed by atoms with Gasteiger partial charge >= 0.3 is 0 Å². The topological polar surface area (TPSA) is 52.0 Å². The monoisotopic (exact) mass is 238 g/mol. The molecule has 0 unspecified atom stereocenters. The molecule has 0 bridgehead atoms. The summed E-state index contributed by atoms with van der Waals surface area (Å²) in [6.45, 7) is 4.40. The van der Waals surface area contributed by atoms with Crippen LogP contribution < -0.4 is 5.73 Å². The van der Waals surface area contributed by atoms with E-state index in [4.69, 9.17) is 10.3 Å². The van der Waals surface area contributed by atoms with E-state index < -0.39 is 0 Å². The molecule has 0 aromatic carbocycles. The molecule has 1 aromatic heterocycles. The molecule has 1 heterocycles. The van der Waals surface area contributed by atoms with Crippen molar-refractivity contribution in [3.63, 3.8) is 0 Å². The number of unbranched alkanes of at least 4 members (excludes halogenated alkanes) is 5. The van der Waals surface area contributed by atoms with Gasteiger partial charge in [0.25, 0.3) is 0 Å². The lowest BCUT2D eigenvalue weighted by atomic mass is 10.0. The van der Waals surface area contributed by atoms with Crippen molar-refractivity contribution < 1.29 is 4.52 Å². The number of rotatable bonds is 9. The smallest absolute Gasteiger partial charge is 0.170 e. The lowest BCUT2D eigenvalue weighted by Gasteiger charge is -2.01. The number of hydrogen-bond donors (Lipinski definition) is 1. The van der Waals surface area contributed by atoms with Gasteiger partial charge in [0.2, 0.25) is 0 Å². The molecule has 0 aliphatic heterocycles. The number of nitrogen functional groups attached to an aromatic ring is 1. The van der Waals surface area contributed by atoms with Crippen LogP contribution in [0.3, 0.4) is 0 Å². The summed E-state index contributed by atoms with van der Waals surface area (Å²) in [5.74, 6) is 1.60. The second-order valence-electron chi connectivity index (χ2n) is 4.74. The summed E-state index contributed by atoms with van der Waals surface area (Å²) in [5.41, 5.74) is 6.93. The van der Waals surface area contributed by atoms with Gasteiger partial charge in [-0.3, -0.25) is 0 Å². The number of hydrogen-bond acceptors (Lipinski definition) is 3. The molecule has 2 N–H and O–H groups in total. The van der Waals surface area contributed by atoms with E-state index in [0.717, 1.165) is 30.6 Å². The molecular formula is C14H26N2O. The Morgan fingerprint density at radius 1 is 0.941 bits per heavy atom. The maximum Gasteiger partial charge on any atom is 0.170 e. The molecule has 0 spiro atoms. The number of nitrogens with two attached hydrogens (primary N) is 1. The van der Waals surface area contributed by atoms with Crippen LogP contribution >= 0.6 is 0 Å². The third-order valence-electron chi connectivity index (χ3n) is 3.16. The molecule has 0 amide bonds. The number of nitrogens with zero attached hydrogens (tertiary/aromatic N) is 1. The van der Waals surface area contributed by atoms with Crippen molar-refractivity contribution in [2.24, 2.45) is 0 Å². The molecule has 0 fully saturated rings. The van der Waals surface area contributed by atoms with Crippen molar-refractivity contribution in [2.75, 3.05) is 5.73 Å². The summed E-state index contributed by atoms with van der Waals surface area (Å²) in [5, 5.41) is 3.87. The van der Waals surface area contributed by atoms with Gasteiger partial charge < -0.3 is 10.3 Å². The van der Waals surface area contributed by atoms with Gasteiger partial charge in [0, 0.05) is 12.0 Å². The van der Waals surface area contributed by atoms with Crippen LogP contribution in [0.4, 0.5) is 5.82 Å². The summed E-state index contributed by atoms with van der Waals surface area (Å²) in [6.07, 6.45) is 10.9. The Kier molecular flexibility index (Phi) is 6.75. The zero-order valence-electron chi connectivity index (χ0n) is 11.3. The highest BCUT2D eigenvalue weighted by molar-refractivity contribution is 5.40. The van der Waals surface area contributed by atoms with Gasteiger partial charge in [0.05, 0.1) is 0 Å². The minimum atomic E-state index is 0.591. The van der Waals surface area contributed by atoms with E-state index in [2.05, 4.69) is 19.0 Å². The Hall–Kier alpha value is -0.990. The first-order valence-corrected chi connectivity index (χ1v) is 7.02. The lowest BCUT2D eigenvalue weighted by molar-refractivity contribution is 0.379. The van der Waals surface area contributed by atoms with Crippen LogP contribution in [0.15, 0.2) is 4.52 Å². The molecule has 3 nitrogen and oxygen atoms in total. The van der Waals surface area contributed by atoms with Crippen molar-refractivity contribution in [1.82, 2.24) is 5.16 Å². The maximum atomic E-state index is 5.79. The van der Waals surface area contributed by atoms with Crippen molar-refractivity contribution in [3.8, 4) is 0 Å². The van der Waals surface area contributed by atoms with Crippen molar-refractivity contribution >= 4 is 5.82 Å². The average molecular weight is 238 g/mol. The third-order valence-corrected chi connectivity index (χ3v) is 3.16. The maximum absolute atomic E-state index is 5.79. The van der Waals surface area contributed by atoms with Crippen LogP contribution in [0.1, 0.15) is 70.1 Å². The predicted molar refractivity (Wildman–Crippen MR) is 72.0 cm³/mol. The highest BCUT2D eigenvalue weighted by Gasteiger charge is 2.11. The molecule has 3 heteroatoms. The fraction of sp³-hybridized carbons (Fsp3) is 0.786. The molecule has 0 aliphatic carbocycles. The molecule has 0 saturated heterocycles. The van der Waals surface area contributed by atoms with Crippen LogP contribution in [0, 0.1) is 0 Å². The van der Waals surface area contributed by atoms with Gasteiger partial charge in [0.15, 0.2) is 5.82 Å². The molecular weight excluding hydrogens is 212 g/mol. The second kappa shape index (κ2) is 8.15. The second-order valence-corrected chi connectivity index (χ2v) is 4.74. The first-order valence-electron chi connectivity index (χ1n) is 7.02. The number of aromatic nitrogens is 1. The fourth-order valence-corrected chi connectivity index (χ4v) is 2.14. The minimum Gasteiger partial charge on any atom is -0.381 e. The van der Waals surface area contributed by atoms with Crippen LogP contribution in [-0.4, -0.2) is 5.16 Å². The standard InChI is InChI=1S/C14H26N2O/c1-3-5-6-7-8-9-11-13-12(10-4-2)14(15)16-17-13/h3-11H2,1-2H3,(H2,15,16). The van der Waals surface area contributed by atoms with Crippen molar-refractivity contribution in [2.45, 2.75) is 71.6 Å². The van der Waals surface area contributed by atoms with E-state index in [0.29, 0.717) is 5.82 Å². The third kappa shape index (κ3) is 4.80. The Balaban J connectivity index is 2.26. The van der Waals surface area contributed by atoms with Crippen LogP contribution in [0.5, 0.6) is 0 Å². The van der Waals surface area contributed by atoms with Crippen LogP contribution in [0.2, 0.25) is 0 Å². The largest absolute Gasteiger partial charge is 0.381 e. The first kappa shape index (κ1) is 14.1. The molecule has 98 valence electrons. The van der Waals surface area contributed by atoms with Gasteiger partial charge in [-0.05, 0) is 12.8 Å². The lowest BCUT2D eigenvalue weighted by Crippen LogP contribution is -1.95. The van der Waals surface area contributed by atoms with E-state index in [1.807, 2.05) is 0 Å². The van der Waals surface area contributed by atoms with Gasteiger partial charge in [-0.25, -0.2) is 0 Å². The SMILES string of the molecule is CCCCCCCCc1onc(N)c1CCC. The predicted octanol–water partition coefficient (Wildman–Crippen LogP) is 4.11. The molecule has 1 rings (SSSR count). The summed E-state index contributed by atoms with van der Waals surface area (Å²) < 4.78 is 5.30. The molecule has 0 aliphatic rings. The molecule has 0 saturated carbocycles. The zero-order valence-corrected chi connectivity index (χ0v) is 11.3. The molecule has 0 radical (unpaired) electrons. The van der Waals surface area contributed by atoms with E-state index in [9.17, 15) is 0 Å². The quantitative estimate of drug-likeness (QED) is 0.659. The normalized spacial score (nSPS) is 10.9. The minimum absolute atomic E-state index is 0.591. The van der Waals surface area contributed by atoms with Gasteiger partial charge in [-0.2, -0.15) is 0 Å². The Morgan fingerprint density at radius 3 is 2.35 bits per heavy atom. The van der Waals surface area contributed by atoms with E-state index in [-0.39, 0.29) is 0 Å². The Morgan fingerprint density at radius 2 is 1.65 bits per heavy atom. The Labute approximate surface area is 105 Å². The van der Waals surface area contributed by atoms with Gasteiger partial charge in [-0.15, -0.1) is 0 Å². The Bertz CT molecular complexity index is 307. The zero-order chi connectivity index (χ0) is 12.5. The van der Waals surface area contributed by atoms with Crippen molar-refractivity contribution in [3.05, 3.63) is 11.3 Å². The van der Waals surface area contributed by atoms with E-state index in [1.165, 1.54) is 38.5 Å². The first-order chi connectivity index (χ1) is 8.29. The van der Waals surface area contributed by atoms with E-state index >= 15 is 0 Å². The summed E-state index contributed by atoms with van der Waals surface area (Å²) >= 11 is 0. The van der Waals surface area contributed by atoms with E-state index in [1.54, 1.807) is 0 Å². The van der Waals surface area contributed by atoms with Crippen LogP contribution in [0.25, 0.3) is 0 Å². The van der Waals surface area contributed by atoms with Crippen molar-refractivity contribution in [1.29, 1.82) is 0 Å². The molecule has 17 heavy (non-hydrogen) atoms. The molecule has 1 aromatic rings. The number of anilines is 1. The highest BCUT2D eigenvalue weighted by atomic mass is 16.5. The number of aryl methyl sites for hydroxylation is 1. The van der Waals surface area contributed by atoms with Crippen LogP contribution in [-0.2, 0) is 12.8 Å². The average Bonchev–Trinajstić information content (AvgIpc) is 2.66. The van der Waals surface area contributed by atoms with Gasteiger partial charge in [-0.1, -0.05) is 57.5 Å². The summed E-state index contributed by atoms with van der Waals surface area (Å²) in [7, 11) is 0. The summed E-state index contributed by atoms with van der Waals surface area (Å²) in [4.78, 5) is 0. The fourth-order valence-electron chi connectivity index (χ4n) is 2.14.